The summed E-state index contributed by atoms with van der Waals surface area (Å²) in [5.41, 5.74) is 4.11. The van der Waals surface area contributed by atoms with E-state index in [9.17, 15) is 0 Å². The Bertz CT molecular complexity index is 643. The van der Waals surface area contributed by atoms with Crippen molar-refractivity contribution in [3.63, 3.8) is 0 Å². The maximum atomic E-state index is 3.91. The molecule has 2 aromatic heterocycles. The highest BCUT2D eigenvalue weighted by molar-refractivity contribution is 5.54. The Morgan fingerprint density at radius 2 is 2.26 bits per heavy atom. The molecule has 0 unspecified atom stereocenters. The number of aryl methyl sites for hydroxylation is 1. The quantitative estimate of drug-likeness (QED) is 0.734. The summed E-state index contributed by atoms with van der Waals surface area (Å²) < 4.78 is 1.65. The van der Waals surface area contributed by atoms with Crippen LogP contribution in [0, 0.1) is 6.92 Å². The Labute approximate surface area is 109 Å². The highest BCUT2D eigenvalue weighted by Crippen LogP contribution is 2.18. The zero-order chi connectivity index (χ0) is 13.1. The molecule has 0 atom stereocenters. The third-order valence-corrected chi connectivity index (χ3v) is 2.85. The van der Waals surface area contributed by atoms with Crippen LogP contribution in [0.15, 0.2) is 36.8 Å². The minimum Gasteiger partial charge on any atom is -0.379 e. The molecule has 2 N–H and O–H groups in total. The van der Waals surface area contributed by atoms with Crippen molar-refractivity contribution in [3.05, 3.63) is 48.0 Å². The van der Waals surface area contributed by atoms with E-state index in [0.717, 1.165) is 22.6 Å². The molecule has 0 fully saturated rings. The molecule has 3 aromatic rings. The van der Waals surface area contributed by atoms with Crippen molar-refractivity contribution in [2.24, 2.45) is 0 Å². The van der Waals surface area contributed by atoms with Gasteiger partial charge in [-0.15, -0.1) is 5.10 Å². The van der Waals surface area contributed by atoms with Gasteiger partial charge in [-0.3, -0.25) is 5.10 Å². The number of hydrogen-bond donors (Lipinski definition) is 2. The highest BCUT2D eigenvalue weighted by atomic mass is 15.5. The van der Waals surface area contributed by atoms with Crippen LogP contribution in [-0.4, -0.2) is 30.4 Å². The average Bonchev–Trinajstić information content (AvgIpc) is 3.11. The molecular weight excluding hydrogens is 242 g/mol. The van der Waals surface area contributed by atoms with E-state index in [1.165, 1.54) is 0 Å². The first kappa shape index (κ1) is 11.4. The number of rotatable bonds is 4. The van der Waals surface area contributed by atoms with Gasteiger partial charge in [0.05, 0.1) is 17.9 Å². The zero-order valence-corrected chi connectivity index (χ0v) is 10.4. The lowest BCUT2D eigenvalue weighted by Crippen LogP contribution is -2.03. The van der Waals surface area contributed by atoms with Crippen LogP contribution in [0.3, 0.4) is 0 Å². The fraction of sp³-hybridized carbons (Fsp3) is 0.167. The fourth-order valence-electron chi connectivity index (χ4n) is 1.82. The van der Waals surface area contributed by atoms with Crippen LogP contribution in [0.25, 0.3) is 5.69 Å². The van der Waals surface area contributed by atoms with Gasteiger partial charge in [0.2, 0.25) is 0 Å². The van der Waals surface area contributed by atoms with E-state index >= 15 is 0 Å². The number of H-pyrrole nitrogens is 1. The largest absolute Gasteiger partial charge is 0.379 e. The minimum atomic E-state index is 0.693. The van der Waals surface area contributed by atoms with E-state index in [0.29, 0.717) is 6.54 Å². The number of nitrogens with zero attached hydrogens (tertiary/aromatic N) is 5. The standard InChI is InChI=1S/C12H13N7/c1-9-2-3-10(13-7-11-4-5-14-16-11)6-12(9)19-8-15-17-18-19/h2-6,8,13H,7H2,1H3,(H,14,16). The molecule has 96 valence electrons. The molecule has 2 heterocycles. The van der Waals surface area contributed by atoms with Gasteiger partial charge in [-0.25, -0.2) is 4.68 Å². The maximum Gasteiger partial charge on any atom is 0.143 e. The topological polar surface area (TPSA) is 84.3 Å². The van der Waals surface area contributed by atoms with E-state index in [-0.39, 0.29) is 0 Å². The molecule has 1 aromatic carbocycles. The Morgan fingerprint density at radius 3 is 3.00 bits per heavy atom. The van der Waals surface area contributed by atoms with E-state index in [2.05, 4.69) is 31.0 Å². The first-order valence-electron chi connectivity index (χ1n) is 5.89. The Hall–Kier alpha value is -2.70. The van der Waals surface area contributed by atoms with Crippen LogP contribution in [0.2, 0.25) is 0 Å². The van der Waals surface area contributed by atoms with Crippen molar-refractivity contribution in [1.82, 2.24) is 30.4 Å². The Morgan fingerprint density at radius 1 is 1.32 bits per heavy atom. The van der Waals surface area contributed by atoms with Crippen LogP contribution >= 0.6 is 0 Å². The average molecular weight is 255 g/mol. The first-order valence-corrected chi connectivity index (χ1v) is 5.89. The molecule has 0 amide bonds. The monoisotopic (exact) mass is 255 g/mol. The molecule has 0 aliphatic rings. The van der Waals surface area contributed by atoms with Gasteiger partial charge in [0.25, 0.3) is 0 Å². The first-order chi connectivity index (χ1) is 9.33. The molecule has 0 saturated carbocycles. The predicted octanol–water partition coefficient (Wildman–Crippen LogP) is 1.31. The molecule has 0 radical (unpaired) electrons. The van der Waals surface area contributed by atoms with Crippen LogP contribution in [0.5, 0.6) is 0 Å². The molecule has 0 bridgehead atoms. The van der Waals surface area contributed by atoms with Crippen LogP contribution in [0.1, 0.15) is 11.3 Å². The Kier molecular flexibility index (Phi) is 2.93. The summed E-state index contributed by atoms with van der Waals surface area (Å²) in [5, 5.41) is 21.4. The lowest BCUT2D eigenvalue weighted by Gasteiger charge is -2.09. The second kappa shape index (κ2) is 4.89. The summed E-state index contributed by atoms with van der Waals surface area (Å²) in [4.78, 5) is 0. The van der Waals surface area contributed by atoms with Gasteiger partial charge in [-0.2, -0.15) is 5.10 Å². The number of aromatic amines is 1. The SMILES string of the molecule is Cc1ccc(NCc2ccn[nH]2)cc1-n1cnnn1. The molecule has 3 rings (SSSR count). The van der Waals surface area contributed by atoms with E-state index < -0.39 is 0 Å². The second-order valence-corrected chi connectivity index (χ2v) is 4.19. The van der Waals surface area contributed by atoms with Crippen molar-refractivity contribution >= 4 is 5.69 Å². The smallest absolute Gasteiger partial charge is 0.143 e. The number of hydrogen-bond acceptors (Lipinski definition) is 5. The third kappa shape index (κ3) is 2.44. The van der Waals surface area contributed by atoms with Gasteiger partial charge in [0, 0.05) is 11.9 Å². The summed E-state index contributed by atoms with van der Waals surface area (Å²) in [6.07, 6.45) is 3.32. The van der Waals surface area contributed by atoms with Crippen LogP contribution in [-0.2, 0) is 6.54 Å². The van der Waals surface area contributed by atoms with Gasteiger partial charge < -0.3 is 5.32 Å². The summed E-state index contributed by atoms with van der Waals surface area (Å²) in [7, 11) is 0. The van der Waals surface area contributed by atoms with Crippen LogP contribution in [0.4, 0.5) is 5.69 Å². The van der Waals surface area contributed by atoms with Crippen LogP contribution < -0.4 is 5.32 Å². The van der Waals surface area contributed by atoms with Gasteiger partial charge in [-0.1, -0.05) is 6.07 Å². The number of tetrazole rings is 1. The molecule has 0 aliphatic heterocycles. The van der Waals surface area contributed by atoms with Crippen molar-refractivity contribution in [2.75, 3.05) is 5.32 Å². The Balaban J connectivity index is 1.81. The summed E-state index contributed by atoms with van der Waals surface area (Å²) in [6, 6.07) is 8.01. The fourth-order valence-corrected chi connectivity index (χ4v) is 1.82. The van der Waals surface area contributed by atoms with Gasteiger partial charge in [0.15, 0.2) is 0 Å². The molecule has 0 spiro atoms. The van der Waals surface area contributed by atoms with Gasteiger partial charge >= 0.3 is 0 Å². The van der Waals surface area contributed by atoms with E-state index in [1.807, 2.05) is 31.2 Å². The second-order valence-electron chi connectivity index (χ2n) is 4.19. The maximum absolute atomic E-state index is 3.91. The van der Waals surface area contributed by atoms with E-state index in [4.69, 9.17) is 0 Å². The predicted molar refractivity (Wildman–Crippen MR) is 69.8 cm³/mol. The highest BCUT2D eigenvalue weighted by Gasteiger charge is 2.04. The number of benzene rings is 1. The molecule has 7 heteroatoms. The van der Waals surface area contributed by atoms with Crippen molar-refractivity contribution in [2.45, 2.75) is 13.5 Å². The third-order valence-electron chi connectivity index (χ3n) is 2.85. The minimum absolute atomic E-state index is 0.693. The number of aromatic nitrogens is 6. The molecular formula is C12H13N7. The molecule has 0 aliphatic carbocycles. The van der Waals surface area contributed by atoms with Crippen molar-refractivity contribution in [1.29, 1.82) is 0 Å². The van der Waals surface area contributed by atoms with Crippen molar-refractivity contribution in [3.8, 4) is 5.69 Å². The number of anilines is 1. The zero-order valence-electron chi connectivity index (χ0n) is 10.4. The molecule has 0 saturated heterocycles. The normalized spacial score (nSPS) is 10.6. The lowest BCUT2D eigenvalue weighted by molar-refractivity contribution is 0.785. The van der Waals surface area contributed by atoms with Gasteiger partial charge in [-0.05, 0) is 41.1 Å². The van der Waals surface area contributed by atoms with Crippen molar-refractivity contribution < 1.29 is 0 Å². The summed E-state index contributed by atoms with van der Waals surface area (Å²) in [6.45, 7) is 2.72. The molecule has 7 nitrogen and oxygen atoms in total. The number of nitrogens with one attached hydrogen (secondary N) is 2. The molecule has 19 heavy (non-hydrogen) atoms. The van der Waals surface area contributed by atoms with Gasteiger partial charge in [0.1, 0.15) is 6.33 Å². The summed E-state index contributed by atoms with van der Waals surface area (Å²) in [5.74, 6) is 0. The summed E-state index contributed by atoms with van der Waals surface area (Å²) >= 11 is 0. The lowest BCUT2D eigenvalue weighted by atomic mass is 10.2. The van der Waals surface area contributed by atoms with E-state index in [1.54, 1.807) is 17.2 Å².